The monoisotopic (exact) mass is 406 g/mol. The highest BCUT2D eigenvalue weighted by Gasteiger charge is 2.41. The van der Waals surface area contributed by atoms with Crippen LogP contribution in [0.15, 0.2) is 42.0 Å². The van der Waals surface area contributed by atoms with Gasteiger partial charge in [0.15, 0.2) is 0 Å². The first kappa shape index (κ1) is 23.3. The zero-order valence-corrected chi connectivity index (χ0v) is 17.5. The van der Waals surface area contributed by atoms with Crippen LogP contribution in [0.1, 0.15) is 52.0 Å². The van der Waals surface area contributed by atoms with Crippen LogP contribution in [0.2, 0.25) is 0 Å². The second-order valence-electron chi connectivity index (χ2n) is 8.70. The van der Waals surface area contributed by atoms with Crippen molar-refractivity contribution in [2.45, 2.75) is 64.3 Å². The summed E-state index contributed by atoms with van der Waals surface area (Å²) >= 11 is 0. The Bertz CT molecular complexity index is 781. The number of halogens is 1. The van der Waals surface area contributed by atoms with Crippen LogP contribution >= 0.6 is 0 Å². The van der Waals surface area contributed by atoms with Gasteiger partial charge in [0.25, 0.3) is 0 Å². The van der Waals surface area contributed by atoms with Crippen LogP contribution in [0.5, 0.6) is 0 Å². The van der Waals surface area contributed by atoms with Crippen LogP contribution in [0, 0.1) is 11.2 Å². The summed E-state index contributed by atoms with van der Waals surface area (Å²) < 4.78 is 19.2. The first-order chi connectivity index (χ1) is 13.5. The number of ether oxygens (including phenoxy) is 1. The molecule has 0 heterocycles. The summed E-state index contributed by atoms with van der Waals surface area (Å²) in [5, 5.41) is 28.7. The van der Waals surface area contributed by atoms with E-state index in [4.69, 9.17) is 9.84 Å². The van der Waals surface area contributed by atoms with Crippen LogP contribution in [0.4, 0.5) is 4.39 Å². The lowest BCUT2D eigenvalue weighted by Gasteiger charge is -2.44. The number of benzene rings is 1. The number of carbonyl (C=O) groups is 1. The van der Waals surface area contributed by atoms with Crippen molar-refractivity contribution in [3.05, 3.63) is 53.4 Å². The summed E-state index contributed by atoms with van der Waals surface area (Å²) in [5.74, 6) is -1.42. The molecule has 29 heavy (non-hydrogen) atoms. The van der Waals surface area contributed by atoms with Gasteiger partial charge in [0.1, 0.15) is 5.82 Å². The fourth-order valence-corrected chi connectivity index (χ4v) is 4.20. The van der Waals surface area contributed by atoms with Gasteiger partial charge in [-0.3, -0.25) is 4.79 Å². The Labute approximate surface area is 171 Å². The molecule has 160 valence electrons. The highest BCUT2D eigenvalue weighted by molar-refractivity contribution is 5.74. The van der Waals surface area contributed by atoms with Crippen LogP contribution in [0.3, 0.4) is 0 Å². The summed E-state index contributed by atoms with van der Waals surface area (Å²) in [4.78, 5) is 10.7. The third-order valence-electron chi connectivity index (χ3n) is 5.52. The molecule has 0 saturated heterocycles. The fourth-order valence-electron chi connectivity index (χ4n) is 4.20. The molecule has 1 aromatic rings. The van der Waals surface area contributed by atoms with Crippen molar-refractivity contribution >= 4 is 11.5 Å². The van der Waals surface area contributed by atoms with Gasteiger partial charge >= 0.3 is 5.97 Å². The average Bonchev–Trinajstić information content (AvgIpc) is 2.59. The number of allylic oxidation sites excluding steroid dienone is 2. The van der Waals surface area contributed by atoms with Crippen LogP contribution < -0.4 is 0 Å². The molecule has 1 aliphatic carbocycles. The highest BCUT2D eigenvalue weighted by Crippen LogP contribution is 2.49. The summed E-state index contributed by atoms with van der Waals surface area (Å²) in [7, 11) is 1.69. The number of aliphatic hydroxyl groups is 2. The Kier molecular flexibility index (Phi) is 7.38. The molecule has 0 aliphatic heterocycles. The lowest BCUT2D eigenvalue weighted by molar-refractivity contribution is -0.139. The van der Waals surface area contributed by atoms with Crippen molar-refractivity contribution in [3.8, 4) is 0 Å². The van der Waals surface area contributed by atoms with E-state index in [1.54, 1.807) is 25.3 Å². The van der Waals surface area contributed by atoms with E-state index < -0.39 is 24.6 Å². The minimum Gasteiger partial charge on any atom is -0.481 e. The van der Waals surface area contributed by atoms with Gasteiger partial charge in [0, 0.05) is 20.0 Å². The van der Waals surface area contributed by atoms with E-state index in [1.165, 1.54) is 12.1 Å². The number of carboxylic acids is 1. The van der Waals surface area contributed by atoms with Crippen molar-refractivity contribution in [3.63, 3.8) is 0 Å². The van der Waals surface area contributed by atoms with Gasteiger partial charge in [0.05, 0.1) is 24.2 Å². The first-order valence-electron chi connectivity index (χ1n) is 9.76. The van der Waals surface area contributed by atoms with Crippen molar-refractivity contribution < 1.29 is 29.2 Å². The molecular weight excluding hydrogens is 375 g/mol. The molecule has 0 aromatic heterocycles. The molecular formula is C23H31FO5. The van der Waals surface area contributed by atoms with Gasteiger partial charge in [-0.1, -0.05) is 38.1 Å². The minimum absolute atomic E-state index is 0.0574. The maximum Gasteiger partial charge on any atom is 0.305 e. The Morgan fingerprint density at radius 2 is 1.86 bits per heavy atom. The predicted octanol–water partition coefficient (Wildman–Crippen LogP) is 3.95. The second kappa shape index (κ2) is 9.20. The Morgan fingerprint density at radius 3 is 2.41 bits per heavy atom. The summed E-state index contributed by atoms with van der Waals surface area (Å²) in [5.41, 5.74) is 2.26. The fraction of sp³-hybridized carbons (Fsp3) is 0.522. The Balaban J connectivity index is 2.39. The first-order valence-corrected chi connectivity index (χ1v) is 9.76. The lowest BCUT2D eigenvalue weighted by Crippen LogP contribution is -2.39. The smallest absolute Gasteiger partial charge is 0.305 e. The van der Waals surface area contributed by atoms with E-state index >= 15 is 0 Å². The molecule has 0 fully saturated rings. The third-order valence-corrected chi connectivity index (χ3v) is 5.52. The van der Waals surface area contributed by atoms with E-state index in [0.717, 1.165) is 23.1 Å². The van der Waals surface area contributed by atoms with E-state index in [0.29, 0.717) is 6.42 Å². The van der Waals surface area contributed by atoms with E-state index in [2.05, 4.69) is 20.8 Å². The van der Waals surface area contributed by atoms with Crippen LogP contribution in [-0.2, 0) is 9.53 Å². The normalized spacial score (nSPS) is 24.0. The average molecular weight is 406 g/mol. The number of hydrogen-bond donors (Lipinski definition) is 3. The molecule has 3 unspecified atom stereocenters. The topological polar surface area (TPSA) is 87.0 Å². The van der Waals surface area contributed by atoms with E-state index in [9.17, 15) is 19.4 Å². The zero-order valence-electron chi connectivity index (χ0n) is 17.5. The van der Waals surface area contributed by atoms with Gasteiger partial charge in [-0.2, -0.15) is 0 Å². The standard InChI is InChI=1S/C23H31FO5/c1-22(2)14-23(3,29-4)13-19(15-5-7-16(24)8-6-15)20(22)10-9-17(25)11-18(26)12-21(27)28/h5-10,17-18,25-26H,11-14H2,1-4H3,(H,27,28)/b10-9+. The molecule has 1 aromatic carbocycles. The molecule has 0 spiro atoms. The minimum atomic E-state index is -1.12. The maximum atomic E-state index is 13.4. The largest absolute Gasteiger partial charge is 0.481 e. The quantitative estimate of drug-likeness (QED) is 0.609. The molecule has 0 radical (unpaired) electrons. The third kappa shape index (κ3) is 6.23. The molecule has 0 saturated carbocycles. The predicted molar refractivity (Wildman–Crippen MR) is 110 cm³/mol. The molecule has 3 N–H and O–H groups in total. The zero-order chi connectivity index (χ0) is 21.8. The van der Waals surface area contributed by atoms with Crippen molar-refractivity contribution in [2.75, 3.05) is 7.11 Å². The summed E-state index contributed by atoms with van der Waals surface area (Å²) in [6.07, 6.45) is 2.26. The van der Waals surface area contributed by atoms with Crippen molar-refractivity contribution in [2.24, 2.45) is 5.41 Å². The van der Waals surface area contributed by atoms with E-state index in [1.807, 2.05) is 6.08 Å². The van der Waals surface area contributed by atoms with E-state index in [-0.39, 0.29) is 23.3 Å². The molecule has 3 atom stereocenters. The van der Waals surface area contributed by atoms with Gasteiger partial charge in [-0.05, 0) is 47.6 Å². The molecule has 5 nitrogen and oxygen atoms in total. The lowest BCUT2D eigenvalue weighted by atomic mass is 9.65. The molecule has 6 heteroatoms. The molecule has 1 aliphatic rings. The SMILES string of the molecule is COC1(C)CC(c2ccc(F)cc2)=C(/C=C/C(O)CC(O)CC(=O)O)C(C)(C)C1. The number of rotatable bonds is 8. The summed E-state index contributed by atoms with van der Waals surface area (Å²) in [6.45, 7) is 6.24. The van der Waals surface area contributed by atoms with Gasteiger partial charge < -0.3 is 20.1 Å². The molecule has 2 rings (SSSR count). The van der Waals surface area contributed by atoms with Crippen LogP contribution in [-0.4, -0.2) is 46.2 Å². The molecule has 0 amide bonds. The van der Waals surface area contributed by atoms with Crippen molar-refractivity contribution in [1.82, 2.24) is 0 Å². The van der Waals surface area contributed by atoms with Gasteiger partial charge in [0.2, 0.25) is 0 Å². The Morgan fingerprint density at radius 1 is 1.24 bits per heavy atom. The second-order valence-corrected chi connectivity index (χ2v) is 8.70. The number of aliphatic hydroxyl groups excluding tert-OH is 2. The maximum absolute atomic E-state index is 13.4. The van der Waals surface area contributed by atoms with Gasteiger partial charge in [-0.15, -0.1) is 0 Å². The molecule has 0 bridgehead atoms. The van der Waals surface area contributed by atoms with Crippen LogP contribution in [0.25, 0.3) is 5.57 Å². The number of hydrogen-bond acceptors (Lipinski definition) is 4. The number of methoxy groups -OCH3 is 1. The Hall–Kier alpha value is -2.02. The summed E-state index contributed by atoms with van der Waals surface area (Å²) in [6, 6.07) is 6.32. The number of carboxylic acid groups (broad SMARTS) is 1. The van der Waals surface area contributed by atoms with Crippen molar-refractivity contribution in [1.29, 1.82) is 0 Å². The number of aliphatic carboxylic acids is 1. The van der Waals surface area contributed by atoms with Gasteiger partial charge in [-0.25, -0.2) is 4.39 Å². The highest BCUT2D eigenvalue weighted by atomic mass is 19.1.